The minimum absolute atomic E-state index is 0.00651. The number of nitrogens with zero attached hydrogens (tertiary/aromatic N) is 3. The number of hydrogen-bond donors (Lipinski definition) is 0. The second-order valence-corrected chi connectivity index (χ2v) is 7.52. The summed E-state index contributed by atoms with van der Waals surface area (Å²) >= 11 is 1.33. The van der Waals surface area contributed by atoms with Crippen molar-refractivity contribution in [3.8, 4) is 0 Å². The lowest BCUT2D eigenvalue weighted by molar-refractivity contribution is -0.135. The first-order valence-electron chi connectivity index (χ1n) is 9.08. The largest absolute Gasteiger partial charge is 0.338 e. The van der Waals surface area contributed by atoms with Crippen LogP contribution in [0, 0.1) is 0 Å². The van der Waals surface area contributed by atoms with Gasteiger partial charge in [0.1, 0.15) is 11.2 Å². The van der Waals surface area contributed by atoms with Gasteiger partial charge in [0.2, 0.25) is 5.91 Å². The van der Waals surface area contributed by atoms with Crippen LogP contribution in [0.2, 0.25) is 0 Å². The van der Waals surface area contributed by atoms with Crippen LogP contribution in [0.25, 0.3) is 10.2 Å². The minimum Gasteiger partial charge on any atom is -0.338 e. The van der Waals surface area contributed by atoms with E-state index in [2.05, 4.69) is 6.92 Å². The number of amides is 1. The highest BCUT2D eigenvalue weighted by Gasteiger charge is 2.26. The quantitative estimate of drug-likeness (QED) is 0.819. The lowest BCUT2D eigenvalue weighted by Gasteiger charge is -2.35. The first-order chi connectivity index (χ1) is 12.1. The molecule has 0 saturated carbocycles. The first-order valence-corrected chi connectivity index (χ1v) is 9.96. The summed E-state index contributed by atoms with van der Waals surface area (Å²) in [5.41, 5.74) is -0.0492. The molecule has 1 aliphatic heterocycles. The molecule has 0 spiro atoms. The molecular weight excluding hydrogens is 338 g/mol. The van der Waals surface area contributed by atoms with Crippen LogP contribution in [0.5, 0.6) is 0 Å². The minimum atomic E-state index is -0.379. The zero-order valence-corrected chi connectivity index (χ0v) is 15.7. The number of aromatic nitrogens is 2. The van der Waals surface area contributed by atoms with Crippen molar-refractivity contribution in [2.45, 2.75) is 65.1 Å². The highest BCUT2D eigenvalue weighted by atomic mass is 32.1. The summed E-state index contributed by atoms with van der Waals surface area (Å²) in [4.78, 5) is 40.1. The molecule has 2 aromatic rings. The number of carbonyl (C=O) groups is 1. The van der Waals surface area contributed by atoms with Gasteiger partial charge in [-0.1, -0.05) is 13.8 Å². The third-order valence-electron chi connectivity index (χ3n) is 5.00. The van der Waals surface area contributed by atoms with Gasteiger partial charge in [-0.3, -0.25) is 18.7 Å². The van der Waals surface area contributed by atoms with Crippen LogP contribution in [0.15, 0.2) is 21.0 Å². The zero-order valence-electron chi connectivity index (χ0n) is 14.9. The summed E-state index contributed by atoms with van der Waals surface area (Å²) in [6.07, 6.45) is 4.83. The van der Waals surface area contributed by atoms with E-state index in [1.807, 2.05) is 11.8 Å². The Bertz CT molecular complexity index is 880. The smallest absolute Gasteiger partial charge is 0.332 e. The normalized spacial score (nSPS) is 18.0. The second kappa shape index (κ2) is 7.56. The second-order valence-electron chi connectivity index (χ2n) is 6.61. The summed E-state index contributed by atoms with van der Waals surface area (Å²) in [6.45, 7) is 5.17. The van der Waals surface area contributed by atoms with Crippen molar-refractivity contribution in [3.05, 3.63) is 32.3 Å². The molecule has 1 amide bonds. The molecule has 0 radical (unpaired) electrons. The summed E-state index contributed by atoms with van der Waals surface area (Å²) < 4.78 is 3.29. The highest BCUT2D eigenvalue weighted by Crippen LogP contribution is 2.21. The van der Waals surface area contributed by atoms with Crippen LogP contribution in [-0.2, 0) is 17.9 Å². The van der Waals surface area contributed by atoms with Gasteiger partial charge in [-0.05, 0) is 43.6 Å². The van der Waals surface area contributed by atoms with E-state index in [4.69, 9.17) is 0 Å². The first kappa shape index (κ1) is 17.9. The zero-order chi connectivity index (χ0) is 18.0. The van der Waals surface area contributed by atoms with Crippen LogP contribution in [0.1, 0.15) is 46.0 Å². The fourth-order valence-electron chi connectivity index (χ4n) is 3.69. The van der Waals surface area contributed by atoms with Crippen molar-refractivity contribution in [3.63, 3.8) is 0 Å². The van der Waals surface area contributed by atoms with Crippen molar-refractivity contribution in [2.75, 3.05) is 6.54 Å². The third kappa shape index (κ3) is 3.29. The van der Waals surface area contributed by atoms with Crippen LogP contribution in [0.4, 0.5) is 0 Å². The lowest BCUT2D eigenvalue weighted by atomic mass is 10.00. The van der Waals surface area contributed by atoms with Crippen molar-refractivity contribution in [1.29, 1.82) is 0 Å². The molecule has 1 unspecified atom stereocenters. The Morgan fingerprint density at radius 2 is 2.04 bits per heavy atom. The van der Waals surface area contributed by atoms with E-state index in [1.165, 1.54) is 20.5 Å². The van der Waals surface area contributed by atoms with Crippen molar-refractivity contribution < 1.29 is 4.79 Å². The Morgan fingerprint density at radius 1 is 1.24 bits per heavy atom. The number of hydrogen-bond acceptors (Lipinski definition) is 4. The van der Waals surface area contributed by atoms with Gasteiger partial charge in [-0.25, -0.2) is 4.79 Å². The third-order valence-corrected chi connectivity index (χ3v) is 5.89. The molecule has 0 bridgehead atoms. The monoisotopic (exact) mass is 363 g/mol. The van der Waals surface area contributed by atoms with Gasteiger partial charge in [-0.2, -0.15) is 0 Å². The molecule has 3 rings (SSSR count). The summed E-state index contributed by atoms with van der Waals surface area (Å²) in [5, 5.41) is 1.80. The molecule has 3 heterocycles. The molecule has 1 saturated heterocycles. The molecular formula is C18H25N3O3S. The van der Waals surface area contributed by atoms with Crippen molar-refractivity contribution >= 4 is 27.5 Å². The number of piperidine rings is 1. The SMILES string of the molecule is CCCn1c(=O)c2sccc2n(CC(=O)N2CCCCC2CC)c1=O. The topological polar surface area (TPSA) is 64.3 Å². The lowest BCUT2D eigenvalue weighted by Crippen LogP contribution is -2.47. The molecule has 1 atom stereocenters. The van der Waals surface area contributed by atoms with Gasteiger partial charge >= 0.3 is 5.69 Å². The van der Waals surface area contributed by atoms with Crippen LogP contribution in [0.3, 0.4) is 0 Å². The van der Waals surface area contributed by atoms with Gasteiger partial charge in [-0.15, -0.1) is 11.3 Å². The fourth-order valence-corrected chi connectivity index (χ4v) is 4.53. The number of likely N-dealkylation sites (tertiary alicyclic amines) is 1. The standard InChI is InChI=1S/C18H25N3O3S/c1-3-9-20-17(23)16-14(8-11-25-16)21(18(20)24)12-15(22)19-10-6-5-7-13(19)4-2/h8,11,13H,3-7,9-10,12H2,1-2H3. The number of thiophene rings is 1. The van der Waals surface area contributed by atoms with E-state index < -0.39 is 0 Å². The molecule has 2 aromatic heterocycles. The molecule has 25 heavy (non-hydrogen) atoms. The van der Waals surface area contributed by atoms with Crippen LogP contribution in [-0.4, -0.2) is 32.5 Å². The van der Waals surface area contributed by atoms with Crippen LogP contribution >= 0.6 is 11.3 Å². The molecule has 0 aliphatic carbocycles. The van der Waals surface area contributed by atoms with E-state index in [9.17, 15) is 14.4 Å². The Morgan fingerprint density at radius 3 is 2.76 bits per heavy atom. The van der Waals surface area contributed by atoms with Crippen molar-refractivity contribution in [1.82, 2.24) is 14.0 Å². The Labute approximate surface area is 150 Å². The molecule has 0 aromatic carbocycles. The van der Waals surface area contributed by atoms with Crippen molar-refractivity contribution in [2.24, 2.45) is 0 Å². The number of fused-ring (bicyclic) bond motifs is 1. The predicted molar refractivity (Wildman–Crippen MR) is 100 cm³/mol. The maximum Gasteiger partial charge on any atom is 0.332 e. The Hall–Kier alpha value is -1.89. The van der Waals surface area contributed by atoms with Gasteiger partial charge in [0.25, 0.3) is 5.56 Å². The fraction of sp³-hybridized carbons (Fsp3) is 0.611. The summed E-state index contributed by atoms with van der Waals surface area (Å²) in [6, 6.07) is 2.02. The maximum absolute atomic E-state index is 12.9. The summed E-state index contributed by atoms with van der Waals surface area (Å²) in [7, 11) is 0. The maximum atomic E-state index is 12.9. The highest BCUT2D eigenvalue weighted by molar-refractivity contribution is 7.17. The van der Waals surface area contributed by atoms with E-state index in [-0.39, 0.29) is 29.7 Å². The number of rotatable bonds is 5. The predicted octanol–water partition coefficient (Wildman–Crippen LogP) is 2.43. The molecule has 1 fully saturated rings. The molecule has 7 heteroatoms. The van der Waals surface area contributed by atoms with E-state index in [0.29, 0.717) is 23.2 Å². The van der Waals surface area contributed by atoms with E-state index in [0.717, 1.165) is 32.2 Å². The van der Waals surface area contributed by atoms with Gasteiger partial charge in [0.05, 0.1) is 5.52 Å². The summed E-state index contributed by atoms with van der Waals surface area (Å²) in [5.74, 6) is -0.0251. The van der Waals surface area contributed by atoms with Gasteiger partial charge in [0, 0.05) is 19.1 Å². The molecule has 6 nitrogen and oxygen atoms in total. The van der Waals surface area contributed by atoms with Gasteiger partial charge < -0.3 is 4.90 Å². The Kier molecular flexibility index (Phi) is 5.42. The van der Waals surface area contributed by atoms with E-state index >= 15 is 0 Å². The van der Waals surface area contributed by atoms with E-state index in [1.54, 1.807) is 11.4 Å². The average Bonchev–Trinajstić information content (AvgIpc) is 3.12. The molecule has 0 N–H and O–H groups in total. The average molecular weight is 363 g/mol. The van der Waals surface area contributed by atoms with Crippen LogP contribution < -0.4 is 11.2 Å². The molecule has 136 valence electrons. The van der Waals surface area contributed by atoms with Gasteiger partial charge in [0.15, 0.2) is 0 Å². The number of carbonyl (C=O) groups excluding carboxylic acids is 1. The molecule has 1 aliphatic rings. The Balaban J connectivity index is 2.01.